The Bertz CT molecular complexity index is 2080. The first kappa shape index (κ1) is 28.8. The van der Waals surface area contributed by atoms with Crippen LogP contribution in [0.5, 0.6) is 0 Å². The second-order valence-electron chi connectivity index (χ2n) is 12.3. The average molecular weight is 605 g/mol. The quantitative estimate of drug-likeness (QED) is 0.171. The fourth-order valence-corrected chi connectivity index (χ4v) is 7.31. The highest BCUT2D eigenvalue weighted by molar-refractivity contribution is 5.94. The van der Waals surface area contributed by atoms with Crippen molar-refractivity contribution in [2.75, 3.05) is 5.32 Å². The molecule has 0 bridgehead atoms. The molecule has 2 heteroatoms. The van der Waals surface area contributed by atoms with E-state index in [0.717, 1.165) is 24.5 Å². The van der Waals surface area contributed by atoms with Crippen molar-refractivity contribution in [2.24, 2.45) is 0 Å². The maximum Gasteiger partial charge on any atom is 0.0714 e. The maximum atomic E-state index is 3.89. The van der Waals surface area contributed by atoms with Gasteiger partial charge in [0.05, 0.1) is 5.41 Å². The summed E-state index contributed by atoms with van der Waals surface area (Å²) in [6.45, 7) is 1.63. The van der Waals surface area contributed by atoms with Gasteiger partial charge in [-0.1, -0.05) is 158 Å². The maximum absolute atomic E-state index is 3.89. The topological polar surface area (TPSA) is 24.1 Å². The minimum atomic E-state index is -0.455. The van der Waals surface area contributed by atoms with Gasteiger partial charge in [0, 0.05) is 30.0 Å². The zero-order chi connectivity index (χ0) is 31.5. The number of hydrogen-bond acceptors (Lipinski definition) is 2. The summed E-state index contributed by atoms with van der Waals surface area (Å²) in [6.07, 6.45) is 0. The van der Waals surface area contributed by atoms with Crippen molar-refractivity contribution in [1.82, 2.24) is 5.32 Å². The largest absolute Gasteiger partial charge is 0.355 e. The van der Waals surface area contributed by atoms with Crippen molar-refractivity contribution >= 4 is 11.4 Å². The summed E-state index contributed by atoms with van der Waals surface area (Å²) in [5.74, 6) is 0. The first-order chi connectivity index (χ1) is 23.3. The number of anilines is 2. The number of benzene rings is 7. The molecule has 0 radical (unpaired) electrons. The molecular formula is C45H36N2. The van der Waals surface area contributed by atoms with Crippen LogP contribution in [0.3, 0.4) is 0 Å². The normalized spacial score (nSPS) is 12.7. The van der Waals surface area contributed by atoms with Crippen LogP contribution in [0.4, 0.5) is 11.4 Å². The van der Waals surface area contributed by atoms with Gasteiger partial charge in [-0.2, -0.15) is 0 Å². The summed E-state index contributed by atoms with van der Waals surface area (Å²) < 4.78 is 0. The summed E-state index contributed by atoms with van der Waals surface area (Å²) in [6, 6.07) is 65.8. The van der Waals surface area contributed by atoms with Crippen LogP contribution in [0.15, 0.2) is 182 Å². The van der Waals surface area contributed by atoms with Gasteiger partial charge >= 0.3 is 0 Å². The standard InChI is InChI=1S/C45H36N2/c1-5-16-33(17-6-1)31-46-32-34-18-15-25-38(28-34)47-44-30-43-41(29-40(44)35-19-7-2-8-20-35)39-26-13-14-27-42(39)45(43,36-21-9-3-10-22-36)37-23-11-4-12-24-37/h1-30,46-47H,31-32H2. The van der Waals surface area contributed by atoms with Crippen molar-refractivity contribution < 1.29 is 0 Å². The third-order valence-electron chi connectivity index (χ3n) is 9.39. The molecule has 0 unspecified atom stereocenters. The van der Waals surface area contributed by atoms with Gasteiger partial charge in [0.2, 0.25) is 0 Å². The van der Waals surface area contributed by atoms with Gasteiger partial charge in [-0.25, -0.2) is 0 Å². The molecule has 0 spiro atoms. The molecule has 2 nitrogen and oxygen atoms in total. The van der Waals surface area contributed by atoms with Crippen LogP contribution in [0.1, 0.15) is 33.4 Å². The van der Waals surface area contributed by atoms with Gasteiger partial charge in [0.1, 0.15) is 0 Å². The molecule has 0 heterocycles. The van der Waals surface area contributed by atoms with Crippen LogP contribution >= 0.6 is 0 Å². The summed E-state index contributed by atoms with van der Waals surface area (Å²) in [7, 11) is 0. The lowest BCUT2D eigenvalue weighted by Gasteiger charge is -2.34. The Morgan fingerprint density at radius 3 is 1.68 bits per heavy atom. The van der Waals surface area contributed by atoms with Gasteiger partial charge in [-0.15, -0.1) is 0 Å². The molecule has 226 valence electrons. The average Bonchev–Trinajstić information content (AvgIpc) is 3.43. The summed E-state index contributed by atoms with van der Waals surface area (Å²) in [4.78, 5) is 0. The second kappa shape index (κ2) is 12.6. The lowest BCUT2D eigenvalue weighted by atomic mass is 9.67. The van der Waals surface area contributed by atoms with E-state index in [2.05, 4.69) is 193 Å². The van der Waals surface area contributed by atoms with Crippen molar-refractivity contribution in [3.63, 3.8) is 0 Å². The van der Waals surface area contributed by atoms with Crippen molar-refractivity contribution in [3.05, 3.63) is 215 Å². The molecule has 0 atom stereocenters. The molecule has 7 aromatic carbocycles. The molecule has 0 amide bonds. The van der Waals surface area contributed by atoms with E-state index in [0.29, 0.717) is 0 Å². The molecule has 0 aliphatic heterocycles. The minimum absolute atomic E-state index is 0.455. The molecule has 8 rings (SSSR count). The molecule has 47 heavy (non-hydrogen) atoms. The Labute approximate surface area is 277 Å². The highest BCUT2D eigenvalue weighted by atomic mass is 14.9. The summed E-state index contributed by atoms with van der Waals surface area (Å²) in [5, 5.41) is 7.50. The van der Waals surface area contributed by atoms with E-state index in [1.807, 2.05) is 0 Å². The zero-order valence-corrected chi connectivity index (χ0v) is 26.2. The third kappa shape index (κ3) is 5.33. The highest BCUT2D eigenvalue weighted by Gasteiger charge is 2.46. The number of fused-ring (bicyclic) bond motifs is 3. The van der Waals surface area contributed by atoms with E-state index in [9.17, 15) is 0 Å². The molecule has 0 fully saturated rings. The van der Waals surface area contributed by atoms with E-state index in [1.54, 1.807) is 0 Å². The fourth-order valence-electron chi connectivity index (χ4n) is 7.31. The Morgan fingerprint density at radius 2 is 0.979 bits per heavy atom. The second-order valence-corrected chi connectivity index (χ2v) is 12.3. The predicted molar refractivity (Wildman–Crippen MR) is 196 cm³/mol. The molecule has 0 saturated heterocycles. The molecule has 1 aliphatic rings. The van der Waals surface area contributed by atoms with Crippen LogP contribution in [-0.2, 0) is 18.5 Å². The van der Waals surface area contributed by atoms with Crippen LogP contribution in [0, 0.1) is 0 Å². The van der Waals surface area contributed by atoms with E-state index in [1.165, 1.54) is 55.6 Å². The highest BCUT2D eigenvalue weighted by Crippen LogP contribution is 2.57. The number of hydrogen-bond donors (Lipinski definition) is 2. The van der Waals surface area contributed by atoms with E-state index >= 15 is 0 Å². The van der Waals surface area contributed by atoms with Crippen LogP contribution in [-0.4, -0.2) is 0 Å². The SMILES string of the molecule is c1ccc(CNCc2cccc(Nc3cc4c(cc3-c3ccccc3)-c3ccccc3C4(c3ccccc3)c3ccccc3)c2)cc1. The molecule has 1 aliphatic carbocycles. The summed E-state index contributed by atoms with van der Waals surface area (Å²) in [5.41, 5.74) is 14.3. The lowest BCUT2D eigenvalue weighted by Crippen LogP contribution is -2.28. The van der Waals surface area contributed by atoms with Gasteiger partial charge in [0.25, 0.3) is 0 Å². The van der Waals surface area contributed by atoms with Crippen LogP contribution in [0.25, 0.3) is 22.3 Å². The van der Waals surface area contributed by atoms with Gasteiger partial charge in [0.15, 0.2) is 0 Å². The Morgan fingerprint density at radius 1 is 0.404 bits per heavy atom. The molecule has 2 N–H and O–H groups in total. The smallest absolute Gasteiger partial charge is 0.0714 e. The van der Waals surface area contributed by atoms with Crippen LogP contribution in [0.2, 0.25) is 0 Å². The van der Waals surface area contributed by atoms with Crippen molar-refractivity contribution in [2.45, 2.75) is 18.5 Å². The van der Waals surface area contributed by atoms with Gasteiger partial charge < -0.3 is 10.6 Å². The minimum Gasteiger partial charge on any atom is -0.355 e. The number of nitrogens with one attached hydrogen (secondary N) is 2. The Hall–Kier alpha value is -5.70. The lowest BCUT2D eigenvalue weighted by molar-refractivity contribution is 0.693. The van der Waals surface area contributed by atoms with Crippen molar-refractivity contribution in [1.29, 1.82) is 0 Å². The number of rotatable bonds is 9. The third-order valence-corrected chi connectivity index (χ3v) is 9.39. The van der Waals surface area contributed by atoms with E-state index in [4.69, 9.17) is 0 Å². The first-order valence-corrected chi connectivity index (χ1v) is 16.4. The van der Waals surface area contributed by atoms with Gasteiger partial charge in [-0.05, 0) is 74.3 Å². The Balaban J connectivity index is 1.27. The Kier molecular flexibility index (Phi) is 7.70. The molecule has 0 saturated carbocycles. The summed E-state index contributed by atoms with van der Waals surface area (Å²) >= 11 is 0. The van der Waals surface area contributed by atoms with Crippen LogP contribution < -0.4 is 10.6 Å². The molecule has 7 aromatic rings. The molecular weight excluding hydrogens is 569 g/mol. The monoisotopic (exact) mass is 604 g/mol. The fraction of sp³-hybridized carbons (Fsp3) is 0.0667. The molecule has 0 aromatic heterocycles. The van der Waals surface area contributed by atoms with Gasteiger partial charge in [-0.3, -0.25) is 0 Å². The van der Waals surface area contributed by atoms with E-state index < -0.39 is 5.41 Å². The zero-order valence-electron chi connectivity index (χ0n) is 26.2. The predicted octanol–water partition coefficient (Wildman–Crippen LogP) is 10.8. The first-order valence-electron chi connectivity index (χ1n) is 16.4. The van der Waals surface area contributed by atoms with Crippen molar-refractivity contribution in [3.8, 4) is 22.3 Å². The van der Waals surface area contributed by atoms with E-state index in [-0.39, 0.29) is 0 Å².